The molecule has 18 heavy (non-hydrogen) atoms. The zero-order valence-electron chi connectivity index (χ0n) is 11.2. The van der Waals surface area contributed by atoms with Crippen LogP contribution in [0.15, 0.2) is 24.3 Å². The predicted molar refractivity (Wildman–Crippen MR) is 71.0 cm³/mol. The van der Waals surface area contributed by atoms with E-state index in [1.54, 1.807) is 12.1 Å². The second kappa shape index (κ2) is 6.30. The third-order valence-electron chi connectivity index (χ3n) is 3.40. The van der Waals surface area contributed by atoms with Gasteiger partial charge in [0.15, 0.2) is 0 Å². The van der Waals surface area contributed by atoms with Crippen LogP contribution in [0.3, 0.4) is 0 Å². The monoisotopic (exact) mass is 251 g/mol. The molecule has 1 aliphatic carbocycles. The molecule has 0 amide bonds. The first-order chi connectivity index (χ1) is 8.70. The minimum Gasteiger partial charge on any atom is -0.377 e. The minimum absolute atomic E-state index is 0.170. The van der Waals surface area contributed by atoms with Gasteiger partial charge >= 0.3 is 0 Å². The van der Waals surface area contributed by atoms with Crippen LogP contribution in [0.4, 0.5) is 4.39 Å². The van der Waals surface area contributed by atoms with Gasteiger partial charge in [-0.1, -0.05) is 12.1 Å². The Bertz CT molecular complexity index is 361. The topological polar surface area (TPSA) is 21.3 Å². The molecule has 0 heterocycles. The standard InChI is InChI=1S/C15H22FNO/c1-3-18-11(2)10-17-15(12-4-5-12)13-6-8-14(16)9-7-13/h6-9,11-12,15,17H,3-5,10H2,1-2H3. The second-order valence-electron chi connectivity index (χ2n) is 5.04. The van der Waals surface area contributed by atoms with Crippen LogP contribution in [-0.4, -0.2) is 19.3 Å². The molecule has 0 aliphatic heterocycles. The summed E-state index contributed by atoms with van der Waals surface area (Å²) in [7, 11) is 0. The molecule has 1 fully saturated rings. The summed E-state index contributed by atoms with van der Waals surface area (Å²) in [5, 5.41) is 3.55. The first-order valence-corrected chi connectivity index (χ1v) is 6.81. The van der Waals surface area contributed by atoms with E-state index < -0.39 is 0 Å². The Balaban J connectivity index is 1.94. The molecule has 0 saturated heterocycles. The molecule has 1 aromatic rings. The third-order valence-corrected chi connectivity index (χ3v) is 3.40. The lowest BCUT2D eigenvalue weighted by atomic mass is 10.0. The Hall–Kier alpha value is -0.930. The highest BCUT2D eigenvalue weighted by Crippen LogP contribution is 2.40. The van der Waals surface area contributed by atoms with Gasteiger partial charge in [-0.2, -0.15) is 0 Å². The van der Waals surface area contributed by atoms with E-state index in [0.717, 1.165) is 13.2 Å². The molecule has 2 unspecified atom stereocenters. The van der Waals surface area contributed by atoms with Crippen molar-refractivity contribution >= 4 is 0 Å². The van der Waals surface area contributed by atoms with E-state index >= 15 is 0 Å². The Morgan fingerprint density at radius 2 is 2.00 bits per heavy atom. The Labute approximate surface area is 109 Å². The molecule has 2 atom stereocenters. The normalized spacial score (nSPS) is 18.6. The first kappa shape index (κ1) is 13.5. The van der Waals surface area contributed by atoms with Gasteiger partial charge in [0, 0.05) is 19.2 Å². The summed E-state index contributed by atoms with van der Waals surface area (Å²) >= 11 is 0. The van der Waals surface area contributed by atoms with Crippen LogP contribution in [-0.2, 0) is 4.74 Å². The average Bonchev–Trinajstić information content (AvgIpc) is 3.16. The number of ether oxygens (including phenoxy) is 1. The molecule has 0 bridgehead atoms. The zero-order chi connectivity index (χ0) is 13.0. The summed E-state index contributed by atoms with van der Waals surface area (Å²) in [6.45, 7) is 5.67. The van der Waals surface area contributed by atoms with Crippen molar-refractivity contribution in [2.75, 3.05) is 13.2 Å². The lowest BCUT2D eigenvalue weighted by molar-refractivity contribution is 0.0733. The fourth-order valence-corrected chi connectivity index (χ4v) is 2.29. The quantitative estimate of drug-likeness (QED) is 0.803. The van der Waals surface area contributed by atoms with E-state index in [4.69, 9.17) is 4.74 Å². The van der Waals surface area contributed by atoms with Gasteiger partial charge in [-0.05, 0) is 50.3 Å². The molecule has 2 nitrogen and oxygen atoms in total. The van der Waals surface area contributed by atoms with E-state index in [1.165, 1.54) is 18.4 Å². The SMILES string of the molecule is CCOC(C)CNC(c1ccc(F)cc1)C1CC1. The second-order valence-corrected chi connectivity index (χ2v) is 5.04. The van der Waals surface area contributed by atoms with Gasteiger partial charge in [0.25, 0.3) is 0 Å². The lowest BCUT2D eigenvalue weighted by Crippen LogP contribution is -2.31. The van der Waals surface area contributed by atoms with Crippen LogP contribution in [0, 0.1) is 11.7 Å². The highest BCUT2D eigenvalue weighted by molar-refractivity contribution is 5.22. The molecule has 100 valence electrons. The predicted octanol–water partition coefficient (Wildman–Crippen LogP) is 3.29. The van der Waals surface area contributed by atoms with Gasteiger partial charge < -0.3 is 10.1 Å². The molecule has 3 heteroatoms. The van der Waals surface area contributed by atoms with Gasteiger partial charge in [-0.3, -0.25) is 0 Å². The van der Waals surface area contributed by atoms with Crippen molar-refractivity contribution in [2.24, 2.45) is 5.92 Å². The maximum Gasteiger partial charge on any atom is 0.123 e. The Kier molecular flexibility index (Phi) is 4.72. The summed E-state index contributed by atoms with van der Waals surface area (Å²) in [5.41, 5.74) is 1.18. The minimum atomic E-state index is -0.170. The third kappa shape index (κ3) is 3.79. The molecule has 1 aliphatic rings. The highest BCUT2D eigenvalue weighted by atomic mass is 19.1. The van der Waals surface area contributed by atoms with E-state index in [9.17, 15) is 4.39 Å². The van der Waals surface area contributed by atoms with Crippen molar-refractivity contribution in [2.45, 2.75) is 38.8 Å². The highest BCUT2D eigenvalue weighted by Gasteiger charge is 2.32. The van der Waals surface area contributed by atoms with Crippen LogP contribution in [0.25, 0.3) is 0 Å². The first-order valence-electron chi connectivity index (χ1n) is 6.81. The summed E-state index contributed by atoms with van der Waals surface area (Å²) in [6.07, 6.45) is 2.74. The van der Waals surface area contributed by atoms with Gasteiger partial charge in [0.2, 0.25) is 0 Å². The van der Waals surface area contributed by atoms with Crippen LogP contribution >= 0.6 is 0 Å². The molecule has 2 rings (SSSR count). The maximum absolute atomic E-state index is 12.9. The van der Waals surface area contributed by atoms with Crippen molar-refractivity contribution in [1.82, 2.24) is 5.32 Å². The van der Waals surface area contributed by atoms with Gasteiger partial charge in [0.05, 0.1) is 6.10 Å². The lowest BCUT2D eigenvalue weighted by Gasteiger charge is -2.21. The largest absolute Gasteiger partial charge is 0.377 e. The molecule has 0 radical (unpaired) electrons. The summed E-state index contributed by atoms with van der Waals surface area (Å²) < 4.78 is 18.5. The molecule has 1 saturated carbocycles. The molecule has 1 aromatic carbocycles. The molecule has 0 aromatic heterocycles. The van der Waals surface area contributed by atoms with Gasteiger partial charge in [0.1, 0.15) is 5.82 Å². The van der Waals surface area contributed by atoms with Crippen molar-refractivity contribution < 1.29 is 9.13 Å². The Morgan fingerprint density at radius 1 is 1.33 bits per heavy atom. The van der Waals surface area contributed by atoms with E-state index in [2.05, 4.69) is 12.2 Å². The summed E-state index contributed by atoms with van der Waals surface area (Å²) in [4.78, 5) is 0. The Morgan fingerprint density at radius 3 is 2.56 bits per heavy atom. The fraction of sp³-hybridized carbons (Fsp3) is 0.600. The number of benzene rings is 1. The summed E-state index contributed by atoms with van der Waals surface area (Å²) in [5.74, 6) is 0.528. The molecule has 0 spiro atoms. The zero-order valence-corrected chi connectivity index (χ0v) is 11.2. The summed E-state index contributed by atoms with van der Waals surface area (Å²) in [6, 6.07) is 7.19. The van der Waals surface area contributed by atoms with Crippen LogP contribution in [0.5, 0.6) is 0 Å². The number of hydrogen-bond acceptors (Lipinski definition) is 2. The van der Waals surface area contributed by atoms with Crippen molar-refractivity contribution in [3.05, 3.63) is 35.6 Å². The van der Waals surface area contributed by atoms with E-state index in [0.29, 0.717) is 12.0 Å². The van der Waals surface area contributed by atoms with Crippen molar-refractivity contribution in [3.8, 4) is 0 Å². The maximum atomic E-state index is 12.9. The molecular formula is C15H22FNO. The van der Waals surface area contributed by atoms with Crippen LogP contribution in [0.2, 0.25) is 0 Å². The van der Waals surface area contributed by atoms with Crippen LogP contribution < -0.4 is 5.32 Å². The van der Waals surface area contributed by atoms with Crippen molar-refractivity contribution in [1.29, 1.82) is 0 Å². The number of hydrogen-bond donors (Lipinski definition) is 1. The molecule has 1 N–H and O–H groups in total. The van der Waals surface area contributed by atoms with Crippen LogP contribution in [0.1, 0.15) is 38.3 Å². The van der Waals surface area contributed by atoms with Gasteiger partial charge in [-0.15, -0.1) is 0 Å². The van der Waals surface area contributed by atoms with E-state index in [-0.39, 0.29) is 11.9 Å². The smallest absolute Gasteiger partial charge is 0.123 e. The molecular weight excluding hydrogens is 229 g/mol. The fourth-order valence-electron chi connectivity index (χ4n) is 2.29. The average molecular weight is 251 g/mol. The van der Waals surface area contributed by atoms with Crippen molar-refractivity contribution in [3.63, 3.8) is 0 Å². The number of halogens is 1. The van der Waals surface area contributed by atoms with Gasteiger partial charge in [-0.25, -0.2) is 4.39 Å². The number of nitrogens with one attached hydrogen (secondary N) is 1. The number of rotatable bonds is 7. The van der Waals surface area contributed by atoms with E-state index in [1.807, 2.05) is 19.1 Å².